The second kappa shape index (κ2) is 6.47. The lowest BCUT2D eigenvalue weighted by Gasteiger charge is -2.16. The molecule has 19 heavy (non-hydrogen) atoms. The molecule has 0 spiro atoms. The Labute approximate surface area is 116 Å². The van der Waals surface area contributed by atoms with E-state index in [4.69, 9.17) is 10.2 Å². The van der Waals surface area contributed by atoms with E-state index >= 15 is 0 Å². The van der Waals surface area contributed by atoms with Gasteiger partial charge in [0.25, 0.3) is 10.0 Å². The Morgan fingerprint density at radius 2 is 2.11 bits per heavy atom. The van der Waals surface area contributed by atoms with E-state index in [1.54, 1.807) is 6.92 Å². The van der Waals surface area contributed by atoms with Crippen LogP contribution in [-0.2, 0) is 21.2 Å². The van der Waals surface area contributed by atoms with E-state index in [0.29, 0.717) is 11.3 Å². The van der Waals surface area contributed by atoms with Crippen molar-refractivity contribution in [2.45, 2.75) is 30.1 Å². The summed E-state index contributed by atoms with van der Waals surface area (Å²) >= 11 is 0.958. The van der Waals surface area contributed by atoms with Gasteiger partial charge in [0.15, 0.2) is 0 Å². The van der Waals surface area contributed by atoms with Gasteiger partial charge in [0, 0.05) is 18.5 Å². The van der Waals surface area contributed by atoms with Crippen LogP contribution >= 0.6 is 11.3 Å². The number of sulfonamides is 1. The summed E-state index contributed by atoms with van der Waals surface area (Å²) in [6.45, 7) is 1.81. The normalized spacial score (nSPS) is 13.7. The first-order valence-corrected chi connectivity index (χ1v) is 7.94. The first-order valence-electron chi connectivity index (χ1n) is 5.68. The Morgan fingerprint density at radius 1 is 1.47 bits per heavy atom. The van der Waals surface area contributed by atoms with Gasteiger partial charge >= 0.3 is 5.97 Å². The second-order valence-electron chi connectivity index (χ2n) is 4.26. The number of aliphatic carboxylic acids is 1. The van der Waals surface area contributed by atoms with Gasteiger partial charge in [-0.1, -0.05) is 0 Å². The molecule has 0 aliphatic rings. The smallest absolute Gasteiger partial charge is 0.308 e. The van der Waals surface area contributed by atoms with Crippen LogP contribution in [0.15, 0.2) is 16.3 Å². The van der Waals surface area contributed by atoms with Gasteiger partial charge in [0.2, 0.25) is 0 Å². The lowest BCUT2D eigenvalue weighted by Crippen LogP contribution is -2.29. The average molecular weight is 307 g/mol. The number of aliphatic hydroxyl groups is 1. The van der Waals surface area contributed by atoms with Crippen LogP contribution < -0.4 is 0 Å². The van der Waals surface area contributed by atoms with E-state index in [1.807, 2.05) is 0 Å². The van der Waals surface area contributed by atoms with Crippen molar-refractivity contribution >= 4 is 27.3 Å². The van der Waals surface area contributed by atoms with Gasteiger partial charge in [-0.2, -0.15) is 0 Å². The molecule has 108 valence electrons. The first-order chi connectivity index (χ1) is 8.73. The molecule has 0 saturated heterocycles. The van der Waals surface area contributed by atoms with Gasteiger partial charge in [-0.15, -0.1) is 11.3 Å². The summed E-state index contributed by atoms with van der Waals surface area (Å²) in [5.41, 5.74) is 0. The van der Waals surface area contributed by atoms with Gasteiger partial charge in [0.05, 0.1) is 12.5 Å². The van der Waals surface area contributed by atoms with E-state index in [9.17, 15) is 13.2 Å². The van der Waals surface area contributed by atoms with Crippen LogP contribution in [-0.4, -0.2) is 48.6 Å². The molecule has 0 radical (unpaired) electrons. The van der Waals surface area contributed by atoms with Crippen LogP contribution in [0.25, 0.3) is 0 Å². The molecule has 0 bridgehead atoms. The van der Waals surface area contributed by atoms with Gasteiger partial charge in [-0.05, 0) is 25.5 Å². The summed E-state index contributed by atoms with van der Waals surface area (Å²) in [5, 5.41) is 17.8. The minimum absolute atomic E-state index is 0.122. The zero-order chi connectivity index (χ0) is 14.6. The molecule has 1 aromatic rings. The van der Waals surface area contributed by atoms with Crippen molar-refractivity contribution in [1.82, 2.24) is 4.31 Å². The molecule has 2 N–H and O–H groups in total. The molecule has 1 atom stereocenters. The summed E-state index contributed by atoms with van der Waals surface area (Å²) in [6.07, 6.45) is -0.399. The average Bonchev–Trinajstić information content (AvgIpc) is 2.73. The Hall–Kier alpha value is -0.960. The summed E-state index contributed by atoms with van der Waals surface area (Å²) in [5.74, 6) is -0.992. The van der Waals surface area contributed by atoms with E-state index in [0.717, 1.165) is 15.6 Å². The Bertz CT molecular complexity index is 535. The van der Waals surface area contributed by atoms with Crippen LogP contribution in [0.2, 0.25) is 0 Å². The van der Waals surface area contributed by atoms with Gasteiger partial charge in [-0.3, -0.25) is 4.79 Å². The van der Waals surface area contributed by atoms with E-state index < -0.39 is 22.1 Å². The molecule has 6 nitrogen and oxygen atoms in total. The predicted octanol–water partition coefficient (Wildman–Crippen LogP) is 0.767. The fourth-order valence-corrected chi connectivity index (χ4v) is 4.13. The molecule has 1 aromatic heterocycles. The van der Waals surface area contributed by atoms with Gasteiger partial charge in [0.1, 0.15) is 4.21 Å². The SMILES string of the molecule is CC(O)CCN(C)S(=O)(=O)c1ccc(CC(=O)O)s1. The zero-order valence-electron chi connectivity index (χ0n) is 10.7. The number of aliphatic hydroxyl groups excluding tert-OH is 1. The van der Waals surface area contributed by atoms with Crippen molar-refractivity contribution in [3.8, 4) is 0 Å². The number of carboxylic acids is 1. The molecule has 1 unspecified atom stereocenters. The maximum atomic E-state index is 12.2. The number of carboxylic acid groups (broad SMARTS) is 1. The Balaban J connectivity index is 2.81. The largest absolute Gasteiger partial charge is 0.481 e. The quantitative estimate of drug-likeness (QED) is 0.775. The maximum Gasteiger partial charge on any atom is 0.308 e. The second-order valence-corrected chi connectivity index (χ2v) is 7.70. The molecule has 0 aliphatic heterocycles. The molecule has 0 aliphatic carbocycles. The summed E-state index contributed by atoms with van der Waals surface area (Å²) in [4.78, 5) is 11.1. The van der Waals surface area contributed by atoms with Gasteiger partial charge < -0.3 is 10.2 Å². The Morgan fingerprint density at radius 3 is 2.63 bits per heavy atom. The van der Waals surface area contributed by atoms with Crippen LogP contribution in [0.3, 0.4) is 0 Å². The minimum atomic E-state index is -3.60. The number of thiophene rings is 1. The highest BCUT2D eigenvalue weighted by Crippen LogP contribution is 2.24. The highest BCUT2D eigenvalue weighted by molar-refractivity contribution is 7.91. The van der Waals surface area contributed by atoms with Crippen LogP contribution in [0.1, 0.15) is 18.2 Å². The number of hydrogen-bond donors (Lipinski definition) is 2. The van der Waals surface area contributed by atoms with Crippen molar-refractivity contribution in [3.63, 3.8) is 0 Å². The van der Waals surface area contributed by atoms with E-state index in [-0.39, 0.29) is 17.2 Å². The van der Waals surface area contributed by atoms with Crippen LogP contribution in [0.4, 0.5) is 0 Å². The van der Waals surface area contributed by atoms with Crippen LogP contribution in [0, 0.1) is 0 Å². The molecule has 0 amide bonds. The number of rotatable bonds is 7. The summed E-state index contributed by atoms with van der Waals surface area (Å²) < 4.78 is 25.6. The zero-order valence-corrected chi connectivity index (χ0v) is 12.4. The lowest BCUT2D eigenvalue weighted by atomic mass is 10.3. The number of nitrogens with zero attached hydrogens (tertiary/aromatic N) is 1. The minimum Gasteiger partial charge on any atom is -0.481 e. The molecule has 0 fully saturated rings. The highest BCUT2D eigenvalue weighted by atomic mass is 32.2. The van der Waals surface area contributed by atoms with Crippen molar-refractivity contribution in [2.24, 2.45) is 0 Å². The number of carbonyl (C=O) groups is 1. The van der Waals surface area contributed by atoms with Crippen molar-refractivity contribution < 1.29 is 23.4 Å². The fourth-order valence-electron chi connectivity index (χ4n) is 1.38. The van der Waals surface area contributed by atoms with E-state index in [2.05, 4.69) is 0 Å². The number of hydrogen-bond acceptors (Lipinski definition) is 5. The molecule has 8 heteroatoms. The summed E-state index contributed by atoms with van der Waals surface area (Å²) in [7, 11) is -2.16. The monoisotopic (exact) mass is 307 g/mol. The third-order valence-electron chi connectivity index (χ3n) is 2.49. The predicted molar refractivity (Wildman–Crippen MR) is 71.8 cm³/mol. The van der Waals surface area contributed by atoms with Gasteiger partial charge in [-0.25, -0.2) is 12.7 Å². The fraction of sp³-hybridized carbons (Fsp3) is 0.545. The Kier molecular flexibility index (Phi) is 5.48. The molecular formula is C11H17NO5S2. The van der Waals surface area contributed by atoms with Crippen LogP contribution in [0.5, 0.6) is 0 Å². The summed E-state index contributed by atoms with van der Waals surface area (Å²) in [6, 6.07) is 2.92. The van der Waals surface area contributed by atoms with Crippen molar-refractivity contribution in [3.05, 3.63) is 17.0 Å². The molecule has 0 saturated carbocycles. The molecular weight excluding hydrogens is 290 g/mol. The first kappa shape index (κ1) is 16.1. The standard InChI is InChI=1S/C11H17NO5S2/c1-8(13)5-6-12(2)19(16,17)11-4-3-9(18-11)7-10(14)15/h3-4,8,13H,5-7H2,1-2H3,(H,14,15). The van der Waals surface area contributed by atoms with Crippen molar-refractivity contribution in [1.29, 1.82) is 0 Å². The molecule has 1 heterocycles. The molecule has 1 rings (SSSR count). The topological polar surface area (TPSA) is 94.9 Å². The van der Waals surface area contributed by atoms with E-state index in [1.165, 1.54) is 19.2 Å². The van der Waals surface area contributed by atoms with Crippen molar-refractivity contribution in [2.75, 3.05) is 13.6 Å². The molecule has 0 aromatic carbocycles. The third-order valence-corrected chi connectivity index (χ3v) is 5.90. The lowest BCUT2D eigenvalue weighted by molar-refractivity contribution is -0.136. The third kappa shape index (κ3) is 4.57. The maximum absolute atomic E-state index is 12.2. The highest BCUT2D eigenvalue weighted by Gasteiger charge is 2.23.